The van der Waals surface area contributed by atoms with E-state index in [1.807, 2.05) is 0 Å². The normalized spacial score (nSPS) is 29.5. The van der Waals surface area contributed by atoms with E-state index in [2.05, 4.69) is 146 Å². The predicted molar refractivity (Wildman–Crippen MR) is 258 cm³/mol. The Hall–Kier alpha value is -3.84. The van der Waals surface area contributed by atoms with Gasteiger partial charge in [-0.15, -0.1) is 0 Å². The van der Waals surface area contributed by atoms with Crippen molar-refractivity contribution in [2.75, 3.05) is 0 Å². The Morgan fingerprint density at radius 1 is 0.375 bits per heavy atom. The van der Waals surface area contributed by atoms with Crippen LogP contribution in [0.3, 0.4) is 0 Å². The molecule has 4 heterocycles. The van der Waals surface area contributed by atoms with Crippen molar-refractivity contribution in [3.8, 4) is 0 Å². The molecule has 8 N–H and O–H groups in total. The van der Waals surface area contributed by atoms with Gasteiger partial charge in [-0.1, -0.05) is 155 Å². The molecule has 4 aliphatic heterocycles. The lowest BCUT2D eigenvalue weighted by molar-refractivity contribution is -0.128. The van der Waals surface area contributed by atoms with Crippen LogP contribution in [0.25, 0.3) is 0 Å². The van der Waals surface area contributed by atoms with Crippen LogP contribution >= 0.6 is 0 Å². The number of rotatable bonds is 8. The lowest BCUT2D eigenvalue weighted by atomic mass is 9.88. The van der Waals surface area contributed by atoms with Crippen LogP contribution in [0.1, 0.15) is 155 Å². The average Bonchev–Trinajstić information content (AvgIpc) is 3.30. The quantitative estimate of drug-likeness (QED) is 0.149. The van der Waals surface area contributed by atoms with Gasteiger partial charge in [0, 0.05) is 50.3 Å². The summed E-state index contributed by atoms with van der Waals surface area (Å²) in [6, 6.07) is 14.6. The second-order valence-corrected chi connectivity index (χ2v) is 19.6. The maximum absolute atomic E-state index is 14.1. The van der Waals surface area contributed by atoms with E-state index in [-0.39, 0.29) is 95.6 Å². The van der Waals surface area contributed by atoms with Gasteiger partial charge in [0.1, 0.15) is 0 Å². The molecule has 2 fully saturated rings. The maximum Gasteiger partial charge on any atom is 0.237 e. The van der Waals surface area contributed by atoms with Gasteiger partial charge in [0.15, 0.2) is 0 Å². The highest BCUT2D eigenvalue weighted by Crippen LogP contribution is 2.23. The molecule has 2 aliphatic carbocycles. The van der Waals surface area contributed by atoms with E-state index >= 15 is 0 Å². The van der Waals surface area contributed by atoms with Crippen molar-refractivity contribution in [3.05, 3.63) is 70.8 Å². The summed E-state index contributed by atoms with van der Waals surface area (Å²) in [6.07, 6.45) is 10.7. The van der Waals surface area contributed by atoms with Crippen LogP contribution in [0.5, 0.6) is 0 Å². The Labute approximate surface area is 385 Å². The molecule has 64 heavy (non-hydrogen) atoms. The van der Waals surface area contributed by atoms with Crippen molar-refractivity contribution in [1.29, 1.82) is 0 Å². The van der Waals surface area contributed by atoms with Crippen molar-refractivity contribution in [2.24, 2.45) is 23.7 Å². The lowest BCUT2D eigenvalue weighted by Crippen LogP contribution is -2.60. The smallest absolute Gasteiger partial charge is 0.237 e. The first kappa shape index (κ1) is 51.1. The highest BCUT2D eigenvalue weighted by Gasteiger charge is 2.36. The zero-order valence-corrected chi connectivity index (χ0v) is 40.5. The predicted octanol–water partition coefficient (Wildman–Crippen LogP) is 6.50. The van der Waals surface area contributed by atoms with Crippen LogP contribution < -0.4 is 42.5 Å². The van der Waals surface area contributed by atoms with Gasteiger partial charge in [0.25, 0.3) is 0 Å². The summed E-state index contributed by atoms with van der Waals surface area (Å²) < 4.78 is 0. The number of carbonyl (C=O) groups excluding carboxylic acids is 4. The summed E-state index contributed by atoms with van der Waals surface area (Å²) in [5.41, 5.74) is 4.30. The molecule has 2 aromatic carbocycles. The summed E-state index contributed by atoms with van der Waals surface area (Å²) in [5.74, 6) is 0.359. The highest BCUT2D eigenvalue weighted by atomic mass is 16.2. The first-order valence-electron chi connectivity index (χ1n) is 25.2. The molecule has 0 unspecified atom stereocenters. The molecule has 2 aromatic rings. The van der Waals surface area contributed by atoms with Crippen LogP contribution in [0.2, 0.25) is 0 Å². The molecule has 12 heteroatoms. The maximum atomic E-state index is 14.1. The SMILES string of the molecule is CC[C@H](C)[C@@H]1NCc2ccc(cc2)CN[C@@H]([C@@H](C)CC)C(=O)N[C@@H]2CCCC[C@H]2NC(=O)[C@H]([C@@H](C)CC)NCc2ccc(cc2)CN[C@@H]([C@@H](C)CC)C(=O)N[C@@H]2CCCC[C@H]2NC1=O. The molecular weight excluding hydrogens is 801 g/mol. The van der Waals surface area contributed by atoms with Crippen molar-refractivity contribution < 1.29 is 19.2 Å². The summed E-state index contributed by atoms with van der Waals surface area (Å²) in [4.78, 5) is 56.4. The molecule has 2 saturated carbocycles. The van der Waals surface area contributed by atoms with Gasteiger partial charge < -0.3 is 42.5 Å². The minimum absolute atomic E-state index is 0.0192. The molecular formula is C52H84N8O4. The molecule has 6 aliphatic rings. The fourth-order valence-electron chi connectivity index (χ4n) is 9.66. The van der Waals surface area contributed by atoms with E-state index < -0.39 is 0 Å². The Balaban J connectivity index is 1.39. The fraction of sp³-hybridized carbons (Fsp3) is 0.692. The molecule has 12 nitrogen and oxygen atoms in total. The van der Waals surface area contributed by atoms with E-state index in [1.54, 1.807) is 0 Å². The number of nitrogens with one attached hydrogen (secondary N) is 8. The van der Waals surface area contributed by atoms with E-state index in [0.29, 0.717) is 26.2 Å². The van der Waals surface area contributed by atoms with Crippen molar-refractivity contribution in [2.45, 2.75) is 207 Å². The first-order valence-corrected chi connectivity index (χ1v) is 25.2. The Morgan fingerprint density at radius 3 is 0.734 bits per heavy atom. The first-order chi connectivity index (χ1) is 30.8. The van der Waals surface area contributed by atoms with Crippen LogP contribution in [0, 0.1) is 23.7 Å². The molecule has 0 aromatic heterocycles. The molecule has 0 spiro atoms. The minimum Gasteiger partial charge on any atom is -0.350 e. The van der Waals surface area contributed by atoms with Crippen LogP contribution in [-0.4, -0.2) is 72.0 Å². The highest BCUT2D eigenvalue weighted by molar-refractivity contribution is 5.85. The zero-order chi connectivity index (χ0) is 46.2. The number of amides is 4. The number of hydrogen-bond acceptors (Lipinski definition) is 8. The molecule has 4 bridgehead atoms. The number of benzene rings is 2. The van der Waals surface area contributed by atoms with E-state index in [1.165, 1.54) is 0 Å². The topological polar surface area (TPSA) is 165 Å². The third kappa shape index (κ3) is 14.6. The van der Waals surface area contributed by atoms with E-state index in [9.17, 15) is 19.2 Å². The lowest BCUT2D eigenvalue weighted by Gasteiger charge is -2.36. The monoisotopic (exact) mass is 885 g/mol. The number of hydrogen-bond donors (Lipinski definition) is 8. The van der Waals surface area contributed by atoms with Crippen LogP contribution in [0.15, 0.2) is 48.5 Å². The molecule has 0 radical (unpaired) electrons. The number of carbonyl (C=O) groups is 4. The molecule has 356 valence electrons. The Morgan fingerprint density at radius 2 is 0.562 bits per heavy atom. The average molecular weight is 885 g/mol. The second-order valence-electron chi connectivity index (χ2n) is 19.6. The summed E-state index contributed by atoms with van der Waals surface area (Å²) >= 11 is 0. The Bertz CT molecular complexity index is 1500. The summed E-state index contributed by atoms with van der Waals surface area (Å²) in [6.45, 7) is 19.1. The van der Waals surface area contributed by atoms with Gasteiger partial charge in [0.05, 0.1) is 24.2 Å². The second kappa shape index (κ2) is 25.7. The molecule has 4 amide bonds. The van der Waals surface area contributed by atoms with Crippen molar-refractivity contribution in [3.63, 3.8) is 0 Å². The third-order valence-corrected chi connectivity index (χ3v) is 15.0. The van der Waals surface area contributed by atoms with Gasteiger partial charge in [-0.05, 0) is 71.6 Å². The largest absolute Gasteiger partial charge is 0.350 e. The van der Waals surface area contributed by atoms with Crippen molar-refractivity contribution in [1.82, 2.24) is 42.5 Å². The summed E-state index contributed by atoms with van der Waals surface area (Å²) in [5, 5.41) is 27.9. The van der Waals surface area contributed by atoms with E-state index in [4.69, 9.17) is 0 Å². The Kier molecular flexibility index (Phi) is 20.6. The zero-order valence-electron chi connectivity index (χ0n) is 40.5. The van der Waals surface area contributed by atoms with Gasteiger partial charge >= 0.3 is 0 Å². The van der Waals surface area contributed by atoms with E-state index in [0.717, 1.165) is 99.3 Å². The van der Waals surface area contributed by atoms with Crippen LogP contribution in [-0.2, 0) is 45.4 Å². The van der Waals surface area contributed by atoms with Crippen molar-refractivity contribution >= 4 is 23.6 Å². The van der Waals surface area contributed by atoms with Gasteiger partial charge in [0.2, 0.25) is 23.6 Å². The van der Waals surface area contributed by atoms with Gasteiger partial charge in [-0.3, -0.25) is 19.2 Å². The summed E-state index contributed by atoms with van der Waals surface area (Å²) in [7, 11) is 0. The fourth-order valence-corrected chi connectivity index (χ4v) is 9.66. The van der Waals surface area contributed by atoms with Crippen LogP contribution in [0.4, 0.5) is 0 Å². The molecule has 12 atom stereocenters. The minimum atomic E-state index is -0.386. The molecule has 8 rings (SSSR count). The van der Waals surface area contributed by atoms with Gasteiger partial charge in [-0.25, -0.2) is 0 Å². The standard InChI is InChI=1S/C52H84N8O4/c1-9-33(5)45-49(61)57-41-17-13-14-18-42(41)58-50(62)46(34(6)10-2)55-31-39-25-27-40(28-26-39)32-56-48(36(8)12-4)52(64)60-44-20-16-15-19-43(44)59-51(63)47(35(7)11-3)54-30-38-23-21-37(22-24-38)29-53-45/h21-28,33-36,41-48,53-56H,9-20,29-32H2,1-8H3,(H,57,61)(H,58,62)(H,59,63)(H,60,64)/t33-,34-,35-,36-,41+,42+,43+,44+,45-,46-,47-,48-/m0/s1. The van der Waals surface area contributed by atoms with Gasteiger partial charge in [-0.2, -0.15) is 0 Å². The third-order valence-electron chi connectivity index (χ3n) is 15.0. The molecule has 0 saturated heterocycles.